The molecule has 2 rings (SSSR count). The molecule has 2 heterocycles. The van der Waals surface area contributed by atoms with Gasteiger partial charge >= 0.3 is 6.09 Å². The Kier molecular flexibility index (Phi) is 3.35. The van der Waals surface area contributed by atoms with Gasteiger partial charge in [-0.1, -0.05) is 0 Å². The molecule has 0 spiro atoms. The molecule has 2 aliphatic rings. The predicted octanol–water partition coefficient (Wildman–Crippen LogP) is 0.122. The number of ether oxygens (including phenoxy) is 1. The Morgan fingerprint density at radius 2 is 2.00 bits per heavy atom. The van der Waals surface area contributed by atoms with Crippen LogP contribution in [0.1, 0.15) is 13.8 Å². The average Bonchev–Trinajstić information content (AvgIpc) is 2.66. The second-order valence-corrected chi connectivity index (χ2v) is 5.10. The summed E-state index contributed by atoms with van der Waals surface area (Å²) < 4.78 is 5.00. The Bertz CT molecular complexity index is 262. The second-order valence-electron chi connectivity index (χ2n) is 5.10. The molecule has 2 saturated heterocycles. The first-order valence-corrected chi connectivity index (χ1v) is 5.97. The number of carbonyl (C=O) groups is 1. The van der Waals surface area contributed by atoms with Crippen molar-refractivity contribution >= 4 is 6.09 Å². The number of carbonyl (C=O) groups excluding carboxylic acids is 1. The van der Waals surface area contributed by atoms with Gasteiger partial charge in [0.1, 0.15) is 6.61 Å². The van der Waals surface area contributed by atoms with Crippen molar-refractivity contribution in [1.82, 2.24) is 15.1 Å². The number of hydrogen-bond donors (Lipinski definition) is 1. The van der Waals surface area contributed by atoms with E-state index in [1.807, 2.05) is 4.90 Å². The number of nitrogens with zero attached hydrogens (tertiary/aromatic N) is 2. The molecular formula is C11H21N3O2. The highest BCUT2D eigenvalue weighted by atomic mass is 16.6. The number of amides is 1. The van der Waals surface area contributed by atoms with Gasteiger partial charge in [-0.15, -0.1) is 0 Å². The highest BCUT2D eigenvalue weighted by molar-refractivity contribution is 5.70. The van der Waals surface area contributed by atoms with Gasteiger partial charge in [0.25, 0.3) is 0 Å². The first-order valence-electron chi connectivity index (χ1n) is 5.97. The molecule has 1 N–H and O–H groups in total. The number of piperazine rings is 1. The topological polar surface area (TPSA) is 44.8 Å². The number of nitrogens with one attached hydrogen (secondary N) is 1. The third kappa shape index (κ3) is 2.47. The molecular weight excluding hydrogens is 206 g/mol. The summed E-state index contributed by atoms with van der Waals surface area (Å²) in [6.07, 6.45) is -0.167. The molecule has 5 nitrogen and oxygen atoms in total. The summed E-state index contributed by atoms with van der Waals surface area (Å²) in [7, 11) is 0. The van der Waals surface area contributed by atoms with Crippen molar-refractivity contribution in [2.24, 2.45) is 0 Å². The van der Waals surface area contributed by atoms with E-state index in [0.717, 1.165) is 39.3 Å². The molecule has 1 amide bonds. The van der Waals surface area contributed by atoms with Crippen LogP contribution in [0.5, 0.6) is 0 Å². The van der Waals surface area contributed by atoms with Crippen LogP contribution in [0, 0.1) is 0 Å². The fourth-order valence-corrected chi connectivity index (χ4v) is 2.45. The van der Waals surface area contributed by atoms with E-state index in [9.17, 15) is 4.79 Å². The van der Waals surface area contributed by atoms with Crippen molar-refractivity contribution in [3.63, 3.8) is 0 Å². The van der Waals surface area contributed by atoms with Gasteiger partial charge in [-0.25, -0.2) is 4.79 Å². The van der Waals surface area contributed by atoms with Crippen LogP contribution in [0.15, 0.2) is 0 Å². The largest absolute Gasteiger partial charge is 0.448 e. The van der Waals surface area contributed by atoms with Crippen molar-refractivity contribution in [3.8, 4) is 0 Å². The van der Waals surface area contributed by atoms with Gasteiger partial charge in [-0.2, -0.15) is 0 Å². The SMILES string of the molecule is CC(C)(CN1CCNCC1)N1CCOC1=O. The maximum absolute atomic E-state index is 11.5. The molecule has 92 valence electrons. The number of hydrogen-bond acceptors (Lipinski definition) is 4. The van der Waals surface area contributed by atoms with Crippen LogP contribution in [-0.2, 0) is 4.74 Å². The summed E-state index contributed by atoms with van der Waals surface area (Å²) in [5, 5.41) is 3.33. The first-order chi connectivity index (χ1) is 7.59. The summed E-state index contributed by atoms with van der Waals surface area (Å²) in [6.45, 7) is 10.6. The zero-order valence-corrected chi connectivity index (χ0v) is 10.2. The summed E-state index contributed by atoms with van der Waals surface area (Å²) in [5.41, 5.74) is -0.134. The van der Waals surface area contributed by atoms with Gasteiger partial charge < -0.3 is 10.1 Å². The smallest absolute Gasteiger partial charge is 0.410 e. The van der Waals surface area contributed by atoms with E-state index in [-0.39, 0.29) is 11.6 Å². The van der Waals surface area contributed by atoms with Gasteiger partial charge in [0.15, 0.2) is 0 Å². The van der Waals surface area contributed by atoms with Crippen LogP contribution >= 0.6 is 0 Å². The van der Waals surface area contributed by atoms with E-state index in [1.54, 1.807) is 0 Å². The minimum atomic E-state index is -0.167. The zero-order chi connectivity index (χ0) is 11.6. The van der Waals surface area contributed by atoms with Gasteiger partial charge in [0.05, 0.1) is 12.1 Å². The van der Waals surface area contributed by atoms with E-state index >= 15 is 0 Å². The normalized spacial score (nSPS) is 23.6. The molecule has 0 bridgehead atoms. The zero-order valence-electron chi connectivity index (χ0n) is 10.2. The Morgan fingerprint density at radius 1 is 1.31 bits per heavy atom. The second kappa shape index (κ2) is 4.59. The van der Waals surface area contributed by atoms with Gasteiger partial charge in [0, 0.05) is 32.7 Å². The van der Waals surface area contributed by atoms with Crippen molar-refractivity contribution < 1.29 is 9.53 Å². The predicted molar refractivity (Wildman–Crippen MR) is 61.4 cm³/mol. The molecule has 16 heavy (non-hydrogen) atoms. The highest BCUT2D eigenvalue weighted by Crippen LogP contribution is 2.20. The van der Waals surface area contributed by atoms with Crippen LogP contribution in [0.3, 0.4) is 0 Å². The molecule has 0 atom stereocenters. The van der Waals surface area contributed by atoms with Gasteiger partial charge in [-0.05, 0) is 13.8 Å². The quantitative estimate of drug-likeness (QED) is 0.744. The van der Waals surface area contributed by atoms with E-state index < -0.39 is 0 Å². The monoisotopic (exact) mass is 227 g/mol. The average molecular weight is 227 g/mol. The fraction of sp³-hybridized carbons (Fsp3) is 0.909. The van der Waals surface area contributed by atoms with Crippen LogP contribution in [0.25, 0.3) is 0 Å². The molecule has 5 heteroatoms. The molecule has 0 aromatic heterocycles. The molecule has 0 unspecified atom stereocenters. The van der Waals surface area contributed by atoms with Crippen LogP contribution in [-0.4, -0.2) is 67.3 Å². The van der Waals surface area contributed by atoms with Crippen LogP contribution in [0.4, 0.5) is 4.79 Å². The Balaban J connectivity index is 1.92. The summed E-state index contributed by atoms with van der Waals surface area (Å²) in [5.74, 6) is 0. The Hall–Kier alpha value is -0.810. The molecule has 0 saturated carbocycles. The molecule has 0 aromatic carbocycles. The van der Waals surface area contributed by atoms with Crippen molar-refractivity contribution in [2.75, 3.05) is 45.9 Å². The lowest BCUT2D eigenvalue weighted by Gasteiger charge is -2.39. The third-order valence-corrected chi connectivity index (χ3v) is 3.31. The maximum Gasteiger partial charge on any atom is 0.410 e. The molecule has 2 fully saturated rings. The lowest BCUT2D eigenvalue weighted by Crippen LogP contribution is -2.55. The van der Waals surface area contributed by atoms with Crippen LogP contribution in [0.2, 0.25) is 0 Å². The fourth-order valence-electron chi connectivity index (χ4n) is 2.45. The molecule has 0 aliphatic carbocycles. The Morgan fingerprint density at radius 3 is 2.56 bits per heavy atom. The molecule has 2 aliphatic heterocycles. The molecule has 0 radical (unpaired) electrons. The standard InChI is InChI=1S/C11H21N3O2/c1-11(2,14-7-8-16-10(14)15)9-13-5-3-12-4-6-13/h12H,3-9H2,1-2H3. The van der Waals surface area contributed by atoms with Gasteiger partial charge in [-0.3, -0.25) is 9.80 Å². The van der Waals surface area contributed by atoms with Crippen LogP contribution < -0.4 is 5.32 Å². The minimum Gasteiger partial charge on any atom is -0.448 e. The summed E-state index contributed by atoms with van der Waals surface area (Å²) in [4.78, 5) is 15.8. The van der Waals surface area contributed by atoms with E-state index in [0.29, 0.717) is 6.61 Å². The molecule has 0 aromatic rings. The minimum absolute atomic E-state index is 0.134. The summed E-state index contributed by atoms with van der Waals surface area (Å²) in [6, 6.07) is 0. The van der Waals surface area contributed by atoms with Crippen molar-refractivity contribution in [2.45, 2.75) is 19.4 Å². The van der Waals surface area contributed by atoms with E-state index in [4.69, 9.17) is 4.74 Å². The van der Waals surface area contributed by atoms with E-state index in [2.05, 4.69) is 24.1 Å². The lowest BCUT2D eigenvalue weighted by molar-refractivity contribution is 0.0925. The van der Waals surface area contributed by atoms with Crippen molar-refractivity contribution in [1.29, 1.82) is 0 Å². The number of rotatable bonds is 3. The summed E-state index contributed by atoms with van der Waals surface area (Å²) >= 11 is 0. The lowest BCUT2D eigenvalue weighted by atomic mass is 10.0. The first kappa shape index (κ1) is 11.7. The highest BCUT2D eigenvalue weighted by Gasteiger charge is 2.36. The third-order valence-electron chi connectivity index (χ3n) is 3.31. The van der Waals surface area contributed by atoms with Gasteiger partial charge in [0.2, 0.25) is 0 Å². The van der Waals surface area contributed by atoms with Crippen molar-refractivity contribution in [3.05, 3.63) is 0 Å². The van der Waals surface area contributed by atoms with E-state index in [1.165, 1.54) is 0 Å². The number of cyclic esters (lactones) is 1. The maximum atomic E-state index is 11.5. The Labute approximate surface area is 96.7 Å².